The number of amides is 1. The maximum Gasteiger partial charge on any atom is 0.336 e. The van der Waals surface area contributed by atoms with Crippen molar-refractivity contribution in [2.24, 2.45) is 5.92 Å². The van der Waals surface area contributed by atoms with Crippen molar-refractivity contribution in [1.29, 1.82) is 0 Å². The van der Waals surface area contributed by atoms with E-state index in [1.807, 2.05) is 13.8 Å². The van der Waals surface area contributed by atoms with Crippen LogP contribution in [0.15, 0.2) is 48.5 Å². The summed E-state index contributed by atoms with van der Waals surface area (Å²) in [6.07, 6.45) is 0. The average Bonchev–Trinajstić information content (AvgIpc) is 3.06. The van der Waals surface area contributed by atoms with E-state index in [0.29, 0.717) is 22.8 Å². The lowest BCUT2D eigenvalue weighted by Gasteiger charge is -2.10. The first-order chi connectivity index (χ1) is 12.5. The van der Waals surface area contributed by atoms with E-state index in [0.717, 1.165) is 0 Å². The molecule has 6 nitrogen and oxygen atoms in total. The van der Waals surface area contributed by atoms with Crippen LogP contribution in [0.2, 0.25) is 0 Å². The molecule has 1 N–H and O–H groups in total. The highest BCUT2D eigenvalue weighted by molar-refractivity contribution is 5.92. The number of nitrogens with zero attached hydrogens (tertiary/aromatic N) is 3. The van der Waals surface area contributed by atoms with E-state index >= 15 is 0 Å². The Labute approximate surface area is 150 Å². The molecule has 26 heavy (non-hydrogen) atoms. The van der Waals surface area contributed by atoms with E-state index < -0.39 is 5.82 Å². The first-order valence-electron chi connectivity index (χ1n) is 8.17. The van der Waals surface area contributed by atoms with Gasteiger partial charge in [-0.25, -0.2) is 9.07 Å². The highest BCUT2D eigenvalue weighted by Gasteiger charge is 2.17. The molecule has 3 rings (SSSR count). The van der Waals surface area contributed by atoms with Gasteiger partial charge in [-0.1, -0.05) is 32.0 Å². The lowest BCUT2D eigenvalue weighted by atomic mass is 10.2. The Bertz CT molecular complexity index is 937. The molecular weight excluding hydrogens is 335 g/mol. The Morgan fingerprint density at radius 1 is 1.19 bits per heavy atom. The topological polar surface area (TPSA) is 69.0 Å². The number of carbonyl (C=O) groups excluding carboxylic acids is 1. The fraction of sp³-hybridized carbons (Fsp3) is 0.211. The molecule has 0 atom stereocenters. The number of hydrogen-bond acceptors (Lipinski definition) is 4. The van der Waals surface area contributed by atoms with Crippen LogP contribution in [-0.2, 0) is 4.79 Å². The van der Waals surface area contributed by atoms with E-state index in [1.54, 1.807) is 42.5 Å². The van der Waals surface area contributed by atoms with Crippen molar-refractivity contribution in [3.05, 3.63) is 54.3 Å². The molecule has 1 amide bonds. The summed E-state index contributed by atoms with van der Waals surface area (Å²) < 4.78 is 20.8. The molecule has 2 aromatic carbocycles. The number of ether oxygens (including phenoxy) is 1. The third-order valence-electron chi connectivity index (χ3n) is 3.77. The van der Waals surface area contributed by atoms with Gasteiger partial charge in [0.25, 0.3) is 0 Å². The molecule has 0 fully saturated rings. The number of nitrogens with one attached hydrogen (secondary N) is 1. The molecule has 0 saturated heterocycles. The minimum absolute atomic E-state index is 0.0901. The number of methoxy groups -OCH3 is 1. The number of rotatable bonds is 5. The van der Waals surface area contributed by atoms with Crippen molar-refractivity contribution < 1.29 is 13.9 Å². The maximum absolute atomic E-state index is 14.2. The van der Waals surface area contributed by atoms with Crippen LogP contribution >= 0.6 is 0 Å². The van der Waals surface area contributed by atoms with E-state index in [4.69, 9.17) is 4.74 Å². The van der Waals surface area contributed by atoms with E-state index in [-0.39, 0.29) is 17.8 Å². The monoisotopic (exact) mass is 354 g/mol. The smallest absolute Gasteiger partial charge is 0.336 e. The number of benzene rings is 2. The Morgan fingerprint density at radius 3 is 2.65 bits per heavy atom. The Kier molecular flexibility index (Phi) is 4.97. The van der Waals surface area contributed by atoms with Crippen LogP contribution < -0.4 is 10.1 Å². The van der Waals surface area contributed by atoms with Gasteiger partial charge in [-0.2, -0.15) is 4.98 Å². The van der Waals surface area contributed by atoms with Crippen molar-refractivity contribution >= 4 is 11.6 Å². The van der Waals surface area contributed by atoms with Crippen LogP contribution in [0, 0.1) is 11.7 Å². The zero-order valence-corrected chi connectivity index (χ0v) is 14.7. The van der Waals surface area contributed by atoms with Crippen molar-refractivity contribution in [2.45, 2.75) is 13.8 Å². The van der Waals surface area contributed by atoms with Gasteiger partial charge in [0.1, 0.15) is 5.82 Å². The quantitative estimate of drug-likeness (QED) is 0.759. The standard InChI is InChI=1S/C19H19FN4O2/c1-12(2)18(25)21-13-7-6-8-14(11-13)24-17(22-19(23-24)26-3)15-9-4-5-10-16(15)20/h4-12H,1-3H3,(H,21,25). The van der Waals surface area contributed by atoms with Gasteiger partial charge in [0.15, 0.2) is 5.82 Å². The molecule has 3 aromatic rings. The van der Waals surface area contributed by atoms with Crippen LogP contribution in [0.25, 0.3) is 17.1 Å². The van der Waals surface area contributed by atoms with Gasteiger partial charge in [-0.3, -0.25) is 4.79 Å². The zero-order chi connectivity index (χ0) is 18.7. The minimum Gasteiger partial charge on any atom is -0.466 e. The summed E-state index contributed by atoms with van der Waals surface area (Å²) in [5.74, 6) is -0.327. The van der Waals surface area contributed by atoms with Crippen LogP contribution in [-0.4, -0.2) is 27.8 Å². The SMILES string of the molecule is COc1nc(-c2ccccc2F)n(-c2cccc(NC(=O)C(C)C)c2)n1. The number of hydrogen-bond donors (Lipinski definition) is 1. The normalized spacial score (nSPS) is 10.8. The third-order valence-corrected chi connectivity index (χ3v) is 3.77. The molecule has 0 spiro atoms. The zero-order valence-electron chi connectivity index (χ0n) is 14.7. The fourth-order valence-electron chi connectivity index (χ4n) is 2.38. The van der Waals surface area contributed by atoms with E-state index in [1.165, 1.54) is 17.9 Å². The molecular formula is C19H19FN4O2. The summed E-state index contributed by atoms with van der Waals surface area (Å²) in [6, 6.07) is 13.6. The van der Waals surface area contributed by atoms with Crippen molar-refractivity contribution in [2.75, 3.05) is 12.4 Å². The van der Waals surface area contributed by atoms with Crippen LogP contribution in [0.1, 0.15) is 13.8 Å². The summed E-state index contributed by atoms with van der Waals surface area (Å²) in [6.45, 7) is 3.63. The van der Waals surface area contributed by atoms with Crippen molar-refractivity contribution in [3.63, 3.8) is 0 Å². The lowest BCUT2D eigenvalue weighted by molar-refractivity contribution is -0.118. The number of anilines is 1. The molecule has 0 aliphatic heterocycles. The van der Waals surface area contributed by atoms with Gasteiger partial charge >= 0.3 is 6.01 Å². The first kappa shape index (κ1) is 17.6. The molecule has 0 unspecified atom stereocenters. The predicted molar refractivity (Wildman–Crippen MR) is 96.8 cm³/mol. The predicted octanol–water partition coefficient (Wildman–Crippen LogP) is 3.68. The van der Waals surface area contributed by atoms with Crippen LogP contribution in [0.3, 0.4) is 0 Å². The van der Waals surface area contributed by atoms with E-state index in [9.17, 15) is 9.18 Å². The Balaban J connectivity index is 2.06. The van der Waals surface area contributed by atoms with Gasteiger partial charge in [0.05, 0.1) is 18.4 Å². The highest BCUT2D eigenvalue weighted by Crippen LogP contribution is 2.26. The summed E-state index contributed by atoms with van der Waals surface area (Å²) in [5, 5.41) is 7.11. The fourth-order valence-corrected chi connectivity index (χ4v) is 2.38. The maximum atomic E-state index is 14.2. The molecule has 0 aliphatic carbocycles. The van der Waals surface area contributed by atoms with E-state index in [2.05, 4.69) is 15.4 Å². The Morgan fingerprint density at radius 2 is 1.96 bits per heavy atom. The summed E-state index contributed by atoms with van der Waals surface area (Å²) >= 11 is 0. The van der Waals surface area contributed by atoms with Crippen LogP contribution in [0.4, 0.5) is 10.1 Å². The second-order valence-electron chi connectivity index (χ2n) is 6.01. The lowest BCUT2D eigenvalue weighted by Crippen LogP contribution is -2.17. The van der Waals surface area contributed by atoms with Gasteiger partial charge in [0.2, 0.25) is 5.91 Å². The second-order valence-corrected chi connectivity index (χ2v) is 6.01. The second kappa shape index (κ2) is 7.35. The molecule has 134 valence electrons. The molecule has 1 aromatic heterocycles. The molecule has 0 saturated carbocycles. The largest absolute Gasteiger partial charge is 0.466 e. The van der Waals surface area contributed by atoms with Gasteiger partial charge in [0, 0.05) is 11.6 Å². The minimum atomic E-state index is -0.409. The molecule has 7 heteroatoms. The highest BCUT2D eigenvalue weighted by atomic mass is 19.1. The van der Waals surface area contributed by atoms with Gasteiger partial charge in [-0.15, -0.1) is 5.10 Å². The third kappa shape index (κ3) is 3.56. The molecule has 0 radical (unpaired) electrons. The summed E-state index contributed by atoms with van der Waals surface area (Å²) in [5.41, 5.74) is 1.55. The van der Waals surface area contributed by atoms with Crippen molar-refractivity contribution in [1.82, 2.24) is 14.8 Å². The van der Waals surface area contributed by atoms with Gasteiger partial charge in [-0.05, 0) is 30.3 Å². The Hall–Kier alpha value is -3.22. The molecule has 0 bridgehead atoms. The van der Waals surface area contributed by atoms with Crippen LogP contribution in [0.5, 0.6) is 6.01 Å². The van der Waals surface area contributed by atoms with Crippen molar-refractivity contribution in [3.8, 4) is 23.1 Å². The molecule has 1 heterocycles. The summed E-state index contributed by atoms with van der Waals surface area (Å²) in [4.78, 5) is 16.2. The first-order valence-corrected chi connectivity index (χ1v) is 8.17. The number of halogens is 1. The average molecular weight is 354 g/mol. The van der Waals surface area contributed by atoms with Gasteiger partial charge < -0.3 is 10.1 Å². The number of carbonyl (C=O) groups is 1. The molecule has 0 aliphatic rings. The number of aromatic nitrogens is 3. The summed E-state index contributed by atoms with van der Waals surface area (Å²) in [7, 11) is 1.45.